The van der Waals surface area contributed by atoms with Crippen LogP contribution in [0, 0.1) is 0 Å². The Bertz CT molecular complexity index is 1910. The van der Waals surface area contributed by atoms with E-state index in [1.165, 1.54) is 0 Å². The third kappa shape index (κ3) is 7.81. The number of ether oxygens (including phenoxy) is 2. The van der Waals surface area contributed by atoms with Crippen LogP contribution in [-0.4, -0.2) is 35.7 Å². The Kier molecular flexibility index (Phi) is 11.4. The summed E-state index contributed by atoms with van der Waals surface area (Å²) in [7, 11) is 0. The van der Waals surface area contributed by atoms with Crippen LogP contribution in [-0.2, 0) is 22.5 Å². The van der Waals surface area contributed by atoms with Crippen LogP contribution in [0.2, 0.25) is 10.0 Å². The number of nitrogens with zero attached hydrogens (tertiary/aromatic N) is 7. The van der Waals surface area contributed by atoms with Crippen molar-refractivity contribution in [2.75, 3.05) is 13.2 Å². The molecule has 0 fully saturated rings. The Hall–Kier alpha value is -5.26. The molecule has 0 unspecified atom stereocenters. The minimum atomic E-state index is -1.71. The predicted molar refractivity (Wildman–Crippen MR) is 182 cm³/mol. The van der Waals surface area contributed by atoms with Gasteiger partial charge in [0.05, 0.1) is 16.7 Å². The fourth-order valence-corrected chi connectivity index (χ4v) is 5.51. The number of aliphatic imine (C=N–C) groups is 1. The van der Waals surface area contributed by atoms with Gasteiger partial charge >= 0.3 is 0 Å². The second-order valence-electron chi connectivity index (χ2n) is 10.6. The van der Waals surface area contributed by atoms with Gasteiger partial charge in [-0.2, -0.15) is 0 Å². The summed E-state index contributed by atoms with van der Waals surface area (Å²) in [6.07, 6.45) is -0.679. The number of azide groups is 2. The Morgan fingerprint density at radius 2 is 1.67 bits per heavy atom. The maximum absolute atomic E-state index is 14.5. The third-order valence-electron chi connectivity index (χ3n) is 7.48. The Morgan fingerprint density at radius 3 is 2.40 bits per heavy atom. The number of aliphatic hydroxyl groups is 1. The molecule has 1 aliphatic heterocycles. The molecule has 0 bridgehead atoms. The number of halogens is 2. The van der Waals surface area contributed by atoms with Gasteiger partial charge in [-0.3, -0.25) is 10.2 Å². The molecule has 2 atom stereocenters. The molecule has 0 radical (unpaired) electrons. The predicted octanol–water partition coefficient (Wildman–Crippen LogP) is 7.96. The van der Waals surface area contributed by atoms with Gasteiger partial charge in [-0.1, -0.05) is 88.0 Å². The van der Waals surface area contributed by atoms with Gasteiger partial charge in [-0.05, 0) is 58.6 Å². The number of rotatable bonds is 14. The Morgan fingerprint density at radius 1 is 0.958 bits per heavy atom. The van der Waals surface area contributed by atoms with Gasteiger partial charge in [0.2, 0.25) is 5.90 Å². The lowest BCUT2D eigenvalue weighted by molar-refractivity contribution is -0.130. The molecule has 0 saturated carbocycles. The molecule has 48 heavy (non-hydrogen) atoms. The van der Waals surface area contributed by atoms with E-state index in [1.54, 1.807) is 91.0 Å². The molecule has 15 heteroatoms. The first-order valence-corrected chi connectivity index (χ1v) is 15.5. The summed E-state index contributed by atoms with van der Waals surface area (Å²) in [4.78, 5) is 25.4. The summed E-state index contributed by atoms with van der Waals surface area (Å²) in [5.74, 6) is 0.159. The van der Waals surface area contributed by atoms with E-state index in [-0.39, 0.29) is 31.2 Å². The zero-order valence-electron chi connectivity index (χ0n) is 25.3. The molecule has 1 aliphatic rings. The molecule has 0 aromatic heterocycles. The summed E-state index contributed by atoms with van der Waals surface area (Å²) in [5.41, 5.74) is 25.5. The highest BCUT2D eigenvalue weighted by Gasteiger charge is 2.54. The number of carbonyl (C=O) groups excluding carboxylic acids is 1. The minimum Gasteiger partial charge on any atom is -0.494 e. The summed E-state index contributed by atoms with van der Waals surface area (Å²) < 4.78 is 12.2. The molecule has 0 saturated heterocycles. The van der Waals surface area contributed by atoms with Gasteiger partial charge in [0, 0.05) is 58.3 Å². The largest absolute Gasteiger partial charge is 0.494 e. The van der Waals surface area contributed by atoms with E-state index in [4.69, 9.17) is 42.8 Å². The van der Waals surface area contributed by atoms with Crippen molar-refractivity contribution >= 4 is 46.4 Å². The monoisotopic (exact) mass is 685 g/mol. The van der Waals surface area contributed by atoms with Crippen LogP contribution >= 0.6 is 23.2 Å². The van der Waals surface area contributed by atoms with Gasteiger partial charge in [0.15, 0.2) is 11.6 Å². The van der Waals surface area contributed by atoms with Crippen molar-refractivity contribution in [1.29, 1.82) is 0 Å². The molecular weight excluding hydrogens is 657 g/mol. The number of amides is 1. The van der Waals surface area contributed by atoms with Crippen molar-refractivity contribution in [1.82, 2.24) is 10.9 Å². The van der Waals surface area contributed by atoms with E-state index in [0.717, 1.165) is 5.56 Å². The molecule has 0 aliphatic carbocycles. The summed E-state index contributed by atoms with van der Waals surface area (Å²) >= 11 is 12.3. The highest BCUT2D eigenvalue weighted by molar-refractivity contribution is 6.42. The maximum Gasteiger partial charge on any atom is 0.266 e. The quantitative estimate of drug-likeness (QED) is 0.0398. The lowest BCUT2D eigenvalue weighted by Gasteiger charge is -2.31. The van der Waals surface area contributed by atoms with E-state index in [1.807, 2.05) is 0 Å². The molecule has 1 amide bonds. The average Bonchev–Trinajstić information content (AvgIpc) is 3.48. The first-order valence-electron chi connectivity index (χ1n) is 14.7. The number of aliphatic hydroxyl groups excluding tert-OH is 1. The molecule has 4 aromatic carbocycles. The number of benzene rings is 4. The zero-order valence-corrected chi connectivity index (χ0v) is 26.8. The molecule has 3 N–H and O–H groups in total. The molecule has 5 rings (SSSR count). The molecule has 1 heterocycles. The Labute approximate surface area is 285 Å². The van der Waals surface area contributed by atoms with E-state index in [0.29, 0.717) is 51.2 Å². The summed E-state index contributed by atoms with van der Waals surface area (Å²) in [6.45, 7) is 0.550. The van der Waals surface area contributed by atoms with Crippen molar-refractivity contribution in [3.8, 4) is 5.75 Å². The molecular formula is C33H29Cl2N9O4. The van der Waals surface area contributed by atoms with Crippen molar-refractivity contribution in [3.05, 3.63) is 144 Å². The smallest absolute Gasteiger partial charge is 0.266 e. The molecule has 4 aromatic rings. The van der Waals surface area contributed by atoms with Crippen molar-refractivity contribution < 1.29 is 19.4 Å². The van der Waals surface area contributed by atoms with Crippen LogP contribution in [0.5, 0.6) is 5.75 Å². The van der Waals surface area contributed by atoms with Crippen LogP contribution in [0.1, 0.15) is 34.8 Å². The lowest BCUT2D eigenvalue weighted by Crippen LogP contribution is -2.53. The van der Waals surface area contributed by atoms with Gasteiger partial charge < -0.3 is 14.6 Å². The number of carbonyl (C=O) groups is 1. The second-order valence-corrected chi connectivity index (χ2v) is 11.4. The zero-order chi connectivity index (χ0) is 33.9. The number of hydrogen-bond acceptors (Lipinski definition) is 8. The third-order valence-corrected chi connectivity index (χ3v) is 8.22. The Balaban J connectivity index is 1.60. The second kappa shape index (κ2) is 16.0. The fourth-order valence-electron chi connectivity index (χ4n) is 5.19. The minimum absolute atomic E-state index is 0.0106. The van der Waals surface area contributed by atoms with Crippen LogP contribution in [0.4, 0.5) is 11.4 Å². The topological polar surface area (TPSA) is 190 Å². The van der Waals surface area contributed by atoms with E-state index in [9.17, 15) is 15.9 Å². The SMILES string of the molecule is [N-]=[N+]=Nc1ccccc1C[C@]1(C(=O)NNCc2ccc(Cl)c(Cl)c2)N=C(c2ccc(OCCCO)cc2)O[C@H]1c1ccccc1N=[N+]=[N-]. The molecule has 13 nitrogen and oxygen atoms in total. The number of hydrazine groups is 1. The number of nitrogens with one attached hydrogen (secondary N) is 2. The van der Waals surface area contributed by atoms with Gasteiger partial charge in [0.25, 0.3) is 5.91 Å². The van der Waals surface area contributed by atoms with Crippen molar-refractivity contribution in [2.24, 2.45) is 15.2 Å². The first kappa shape index (κ1) is 34.1. The normalized spacial score (nSPS) is 16.6. The van der Waals surface area contributed by atoms with Crippen LogP contribution in [0.3, 0.4) is 0 Å². The van der Waals surface area contributed by atoms with Gasteiger partial charge in [0.1, 0.15) is 5.75 Å². The molecule has 244 valence electrons. The summed E-state index contributed by atoms with van der Waals surface area (Å²) in [6, 6.07) is 25.7. The number of hydrogen-bond donors (Lipinski definition) is 3. The van der Waals surface area contributed by atoms with E-state index in [2.05, 4.69) is 30.9 Å². The summed E-state index contributed by atoms with van der Waals surface area (Å²) in [5, 5.41) is 17.6. The van der Waals surface area contributed by atoms with E-state index < -0.39 is 17.6 Å². The first-order chi connectivity index (χ1) is 23.4. The fraction of sp³-hybridized carbons (Fsp3) is 0.212. The van der Waals surface area contributed by atoms with Gasteiger partial charge in [-0.25, -0.2) is 10.4 Å². The van der Waals surface area contributed by atoms with Gasteiger partial charge in [-0.15, -0.1) is 0 Å². The van der Waals surface area contributed by atoms with Crippen LogP contribution in [0.25, 0.3) is 20.9 Å². The highest BCUT2D eigenvalue weighted by atomic mass is 35.5. The average molecular weight is 687 g/mol. The van der Waals surface area contributed by atoms with Crippen LogP contribution in [0.15, 0.2) is 106 Å². The van der Waals surface area contributed by atoms with Crippen molar-refractivity contribution in [2.45, 2.75) is 31.0 Å². The van der Waals surface area contributed by atoms with Crippen LogP contribution < -0.4 is 15.6 Å². The van der Waals surface area contributed by atoms with E-state index >= 15 is 0 Å². The lowest BCUT2D eigenvalue weighted by atomic mass is 9.81. The maximum atomic E-state index is 14.5. The van der Waals surface area contributed by atoms with Crippen molar-refractivity contribution in [3.63, 3.8) is 0 Å². The standard InChI is InChI=1S/C33H29Cl2N9O4/c34-26-15-10-21(18-27(26)35)20-38-42-32(46)33(19-23-6-1-3-8-28(23)40-43-36)30(25-7-2-4-9-29(25)41-44-37)48-31(39-33)22-11-13-24(14-12-22)47-17-5-16-45/h1-4,6-15,18,30,38,45H,5,16-17,19-20H2,(H,42,46)/t30-,33-/m0/s1. The highest BCUT2D eigenvalue weighted by Crippen LogP contribution is 2.46. The molecule has 0 spiro atoms.